The molecule has 0 aliphatic heterocycles. The van der Waals surface area contributed by atoms with E-state index in [9.17, 15) is 4.39 Å². The predicted octanol–water partition coefficient (Wildman–Crippen LogP) is 4.80. The summed E-state index contributed by atoms with van der Waals surface area (Å²) in [5, 5.41) is 3.68. The van der Waals surface area contributed by atoms with Crippen LogP contribution in [-0.2, 0) is 12.8 Å². The topological polar surface area (TPSA) is 12.0 Å². The van der Waals surface area contributed by atoms with Crippen LogP contribution in [-0.4, -0.2) is 6.04 Å². The zero-order valence-electron chi connectivity index (χ0n) is 12.1. The normalized spacial score (nSPS) is 19.1. The average Bonchev–Trinajstić information content (AvgIpc) is 2.47. The molecule has 1 aliphatic carbocycles. The second kappa shape index (κ2) is 6.29. The SMILES string of the molecule is CC(NC1CCc2ccccc2C1)c1ccc(F)cc1Br. The number of fused-ring (bicyclic) bond motifs is 1. The third-order valence-corrected chi connectivity index (χ3v) is 4.95. The smallest absolute Gasteiger partial charge is 0.124 e. The van der Waals surface area contributed by atoms with Crippen LogP contribution in [0.15, 0.2) is 46.9 Å². The standard InChI is InChI=1S/C18H19BrFN/c1-12(17-9-7-15(20)11-18(17)19)21-16-8-6-13-4-2-3-5-14(13)10-16/h2-5,7,9,11-12,16,21H,6,8,10H2,1H3. The highest BCUT2D eigenvalue weighted by atomic mass is 79.9. The van der Waals surface area contributed by atoms with Gasteiger partial charge in [-0.3, -0.25) is 0 Å². The Morgan fingerprint density at radius 1 is 1.19 bits per heavy atom. The Morgan fingerprint density at radius 2 is 1.95 bits per heavy atom. The Hall–Kier alpha value is -1.19. The van der Waals surface area contributed by atoms with Crippen LogP contribution in [0, 0.1) is 5.82 Å². The van der Waals surface area contributed by atoms with Crippen molar-refractivity contribution in [3.8, 4) is 0 Å². The highest BCUT2D eigenvalue weighted by Crippen LogP contribution is 2.27. The summed E-state index contributed by atoms with van der Waals surface area (Å²) in [6.45, 7) is 2.14. The Morgan fingerprint density at radius 3 is 2.71 bits per heavy atom. The number of hydrogen-bond acceptors (Lipinski definition) is 1. The maximum Gasteiger partial charge on any atom is 0.124 e. The molecular formula is C18H19BrFN. The minimum absolute atomic E-state index is 0.204. The van der Waals surface area contributed by atoms with Crippen LogP contribution in [0.1, 0.15) is 36.1 Å². The molecule has 0 bridgehead atoms. The third kappa shape index (κ3) is 3.35. The summed E-state index contributed by atoms with van der Waals surface area (Å²) in [5.74, 6) is -0.204. The number of hydrogen-bond donors (Lipinski definition) is 1. The quantitative estimate of drug-likeness (QED) is 0.841. The van der Waals surface area contributed by atoms with Gasteiger partial charge in [-0.2, -0.15) is 0 Å². The summed E-state index contributed by atoms with van der Waals surface area (Å²) in [4.78, 5) is 0. The molecule has 0 saturated carbocycles. The summed E-state index contributed by atoms with van der Waals surface area (Å²) in [6.07, 6.45) is 3.35. The highest BCUT2D eigenvalue weighted by molar-refractivity contribution is 9.10. The average molecular weight is 348 g/mol. The van der Waals surface area contributed by atoms with E-state index in [1.165, 1.54) is 23.3 Å². The lowest BCUT2D eigenvalue weighted by atomic mass is 9.88. The zero-order valence-corrected chi connectivity index (χ0v) is 13.7. The monoisotopic (exact) mass is 347 g/mol. The minimum atomic E-state index is -0.204. The molecule has 0 heterocycles. The van der Waals surface area contributed by atoms with Crippen LogP contribution in [0.3, 0.4) is 0 Å². The van der Waals surface area contributed by atoms with E-state index in [2.05, 4.69) is 52.4 Å². The van der Waals surface area contributed by atoms with Crippen molar-refractivity contribution in [1.29, 1.82) is 0 Å². The van der Waals surface area contributed by atoms with E-state index in [4.69, 9.17) is 0 Å². The predicted molar refractivity (Wildman–Crippen MR) is 87.9 cm³/mol. The Labute approximate surface area is 133 Å². The minimum Gasteiger partial charge on any atom is -0.307 e. The van der Waals surface area contributed by atoms with Crippen molar-refractivity contribution in [1.82, 2.24) is 5.32 Å². The third-order valence-electron chi connectivity index (χ3n) is 4.26. The van der Waals surface area contributed by atoms with Crippen molar-refractivity contribution in [3.05, 3.63) is 69.4 Å². The molecular weight excluding hydrogens is 329 g/mol. The lowest BCUT2D eigenvalue weighted by Crippen LogP contribution is -2.36. The summed E-state index contributed by atoms with van der Waals surface area (Å²) >= 11 is 3.46. The van der Waals surface area contributed by atoms with Gasteiger partial charge in [0.25, 0.3) is 0 Å². The lowest BCUT2D eigenvalue weighted by Gasteiger charge is -2.29. The van der Waals surface area contributed by atoms with Gasteiger partial charge in [-0.15, -0.1) is 0 Å². The van der Waals surface area contributed by atoms with Gasteiger partial charge in [0, 0.05) is 16.6 Å². The van der Waals surface area contributed by atoms with E-state index in [1.54, 1.807) is 0 Å². The van der Waals surface area contributed by atoms with Crippen molar-refractivity contribution in [2.45, 2.75) is 38.3 Å². The van der Waals surface area contributed by atoms with E-state index >= 15 is 0 Å². The summed E-state index contributed by atoms with van der Waals surface area (Å²) < 4.78 is 14.0. The molecule has 0 amide bonds. The molecule has 2 aromatic rings. The van der Waals surface area contributed by atoms with Gasteiger partial charge >= 0.3 is 0 Å². The van der Waals surface area contributed by atoms with Crippen molar-refractivity contribution in [2.24, 2.45) is 0 Å². The van der Waals surface area contributed by atoms with E-state index in [0.717, 1.165) is 29.3 Å². The Balaban J connectivity index is 1.70. The molecule has 0 radical (unpaired) electrons. The first-order valence-electron chi connectivity index (χ1n) is 7.41. The largest absolute Gasteiger partial charge is 0.307 e. The molecule has 21 heavy (non-hydrogen) atoms. The molecule has 1 N–H and O–H groups in total. The van der Waals surface area contributed by atoms with Gasteiger partial charge < -0.3 is 5.32 Å². The fraction of sp³-hybridized carbons (Fsp3) is 0.333. The maximum absolute atomic E-state index is 13.2. The summed E-state index contributed by atoms with van der Waals surface area (Å²) in [7, 11) is 0. The Bertz CT molecular complexity index is 641. The van der Waals surface area contributed by atoms with E-state index in [1.807, 2.05) is 6.07 Å². The first-order chi connectivity index (χ1) is 10.1. The molecule has 0 fully saturated rings. The molecule has 110 valence electrons. The highest BCUT2D eigenvalue weighted by Gasteiger charge is 2.20. The van der Waals surface area contributed by atoms with Gasteiger partial charge in [-0.25, -0.2) is 4.39 Å². The molecule has 2 aromatic carbocycles. The molecule has 3 heteroatoms. The van der Waals surface area contributed by atoms with Crippen molar-refractivity contribution in [3.63, 3.8) is 0 Å². The van der Waals surface area contributed by atoms with Crippen molar-refractivity contribution in [2.75, 3.05) is 0 Å². The van der Waals surface area contributed by atoms with Crippen LogP contribution in [0.2, 0.25) is 0 Å². The van der Waals surface area contributed by atoms with Gasteiger partial charge in [-0.05, 0) is 55.0 Å². The van der Waals surface area contributed by atoms with Gasteiger partial charge in [0.05, 0.1) is 0 Å². The first-order valence-corrected chi connectivity index (χ1v) is 8.20. The molecule has 0 aromatic heterocycles. The number of aryl methyl sites for hydroxylation is 1. The van der Waals surface area contributed by atoms with Crippen LogP contribution in [0.4, 0.5) is 4.39 Å². The number of nitrogens with one attached hydrogen (secondary N) is 1. The van der Waals surface area contributed by atoms with Crippen molar-refractivity contribution >= 4 is 15.9 Å². The molecule has 1 nitrogen and oxygen atoms in total. The van der Waals surface area contributed by atoms with Gasteiger partial charge in [0.15, 0.2) is 0 Å². The van der Waals surface area contributed by atoms with E-state index in [-0.39, 0.29) is 11.9 Å². The first kappa shape index (κ1) is 14.7. The van der Waals surface area contributed by atoms with Crippen LogP contribution in [0.25, 0.3) is 0 Å². The molecule has 0 saturated heterocycles. The zero-order chi connectivity index (χ0) is 14.8. The van der Waals surface area contributed by atoms with Crippen LogP contribution >= 0.6 is 15.9 Å². The molecule has 2 unspecified atom stereocenters. The molecule has 1 aliphatic rings. The van der Waals surface area contributed by atoms with Crippen LogP contribution < -0.4 is 5.32 Å². The number of rotatable bonds is 3. The maximum atomic E-state index is 13.2. The molecule has 2 atom stereocenters. The number of benzene rings is 2. The van der Waals surface area contributed by atoms with Gasteiger partial charge in [0.2, 0.25) is 0 Å². The fourth-order valence-corrected chi connectivity index (χ4v) is 3.83. The number of halogens is 2. The van der Waals surface area contributed by atoms with Gasteiger partial charge in [-0.1, -0.05) is 46.3 Å². The molecule has 0 spiro atoms. The fourth-order valence-electron chi connectivity index (χ4n) is 3.14. The Kier molecular flexibility index (Phi) is 4.41. The van der Waals surface area contributed by atoms with E-state index < -0.39 is 0 Å². The second-order valence-electron chi connectivity index (χ2n) is 5.76. The molecule has 3 rings (SSSR count). The lowest BCUT2D eigenvalue weighted by molar-refractivity contribution is 0.413. The van der Waals surface area contributed by atoms with E-state index in [0.29, 0.717) is 6.04 Å². The van der Waals surface area contributed by atoms with Gasteiger partial charge in [0.1, 0.15) is 5.82 Å². The second-order valence-corrected chi connectivity index (χ2v) is 6.62. The summed E-state index contributed by atoms with van der Waals surface area (Å²) in [6, 6.07) is 14.3. The van der Waals surface area contributed by atoms with Crippen molar-refractivity contribution < 1.29 is 4.39 Å². The van der Waals surface area contributed by atoms with Crippen LogP contribution in [0.5, 0.6) is 0 Å². The summed E-state index contributed by atoms with van der Waals surface area (Å²) in [5.41, 5.74) is 4.04.